The van der Waals surface area contributed by atoms with Crippen LogP contribution in [-0.2, 0) is 11.3 Å². The zero-order chi connectivity index (χ0) is 18.6. The summed E-state index contributed by atoms with van der Waals surface area (Å²) in [6, 6.07) is 7.18. The predicted octanol–water partition coefficient (Wildman–Crippen LogP) is 2.11. The third-order valence-corrected chi connectivity index (χ3v) is 6.34. The molecule has 2 unspecified atom stereocenters. The molecule has 3 heterocycles. The first-order valence-electron chi connectivity index (χ1n) is 10.4. The molecule has 0 radical (unpaired) electrons. The Morgan fingerprint density at radius 3 is 2.54 bits per heavy atom. The lowest BCUT2D eigenvalue weighted by Gasteiger charge is -2.37. The highest BCUT2D eigenvalue weighted by atomic mass is 35.5. The molecule has 0 spiro atoms. The van der Waals surface area contributed by atoms with Gasteiger partial charge in [0.25, 0.3) is 0 Å². The lowest BCUT2D eigenvalue weighted by Crippen LogP contribution is -2.52. The van der Waals surface area contributed by atoms with Crippen LogP contribution in [0.3, 0.4) is 0 Å². The van der Waals surface area contributed by atoms with Crippen LogP contribution in [-0.4, -0.2) is 78.5 Å². The van der Waals surface area contributed by atoms with Crippen LogP contribution in [0.1, 0.15) is 31.2 Å². The Morgan fingerprint density at radius 2 is 1.79 bits per heavy atom. The van der Waals surface area contributed by atoms with Crippen molar-refractivity contribution in [1.29, 1.82) is 0 Å². The molecule has 1 N–H and O–H groups in total. The fourth-order valence-corrected chi connectivity index (χ4v) is 4.78. The van der Waals surface area contributed by atoms with Crippen molar-refractivity contribution >= 4 is 18.3 Å². The fraction of sp³-hybridized carbons (Fsp3) is 0.667. The quantitative estimate of drug-likeness (QED) is 0.825. The van der Waals surface area contributed by atoms with Crippen LogP contribution in [0, 0.1) is 5.82 Å². The second-order valence-electron chi connectivity index (χ2n) is 8.12. The van der Waals surface area contributed by atoms with E-state index in [4.69, 9.17) is 0 Å². The van der Waals surface area contributed by atoms with E-state index >= 15 is 0 Å². The largest absolute Gasteiger partial charge is 0.340 e. The zero-order valence-corrected chi connectivity index (χ0v) is 17.3. The molecule has 3 aliphatic rings. The molecule has 3 saturated heterocycles. The Balaban J connectivity index is 0.00000225. The van der Waals surface area contributed by atoms with Gasteiger partial charge in [0, 0.05) is 51.9 Å². The summed E-state index contributed by atoms with van der Waals surface area (Å²) < 4.78 is 13.2. The van der Waals surface area contributed by atoms with Crippen LogP contribution < -0.4 is 5.32 Å². The van der Waals surface area contributed by atoms with Gasteiger partial charge in [-0.15, -0.1) is 12.4 Å². The third kappa shape index (κ3) is 5.03. The van der Waals surface area contributed by atoms with Crippen LogP contribution in [0.4, 0.5) is 4.39 Å². The summed E-state index contributed by atoms with van der Waals surface area (Å²) in [5.41, 5.74) is 1.08. The van der Waals surface area contributed by atoms with Gasteiger partial charge in [-0.1, -0.05) is 18.6 Å². The molecular formula is C21H32ClFN4O. The second-order valence-corrected chi connectivity index (χ2v) is 8.12. The molecule has 0 aliphatic carbocycles. The number of nitrogens with one attached hydrogen (secondary N) is 1. The van der Waals surface area contributed by atoms with Crippen molar-refractivity contribution in [3.63, 3.8) is 0 Å². The fourth-order valence-electron chi connectivity index (χ4n) is 4.78. The van der Waals surface area contributed by atoms with E-state index in [1.807, 2.05) is 12.1 Å². The molecule has 0 bridgehead atoms. The van der Waals surface area contributed by atoms with E-state index in [1.54, 1.807) is 0 Å². The monoisotopic (exact) mass is 410 g/mol. The normalized spacial score (nSPS) is 26.8. The zero-order valence-electron chi connectivity index (χ0n) is 16.5. The maximum Gasteiger partial charge on any atom is 0.239 e. The lowest BCUT2D eigenvalue weighted by molar-refractivity contribution is -0.137. The van der Waals surface area contributed by atoms with E-state index in [0.29, 0.717) is 11.9 Å². The SMILES string of the molecule is Cl.O=C(C1CCCCN1Cc1ccc(F)cc1)N1CCC(N2CCNCC2)C1. The first kappa shape index (κ1) is 21.5. The highest BCUT2D eigenvalue weighted by molar-refractivity contribution is 5.85. The molecule has 1 amide bonds. The molecule has 0 aromatic heterocycles. The average Bonchev–Trinajstić information content (AvgIpc) is 3.21. The first-order valence-corrected chi connectivity index (χ1v) is 10.4. The Hall–Kier alpha value is -1.21. The highest BCUT2D eigenvalue weighted by Crippen LogP contribution is 2.24. The van der Waals surface area contributed by atoms with E-state index in [-0.39, 0.29) is 24.3 Å². The molecular weight excluding hydrogens is 379 g/mol. The number of carbonyl (C=O) groups excluding carboxylic acids is 1. The number of amides is 1. The van der Waals surface area contributed by atoms with Gasteiger partial charge in [-0.3, -0.25) is 14.6 Å². The summed E-state index contributed by atoms with van der Waals surface area (Å²) in [5.74, 6) is 0.0930. The van der Waals surface area contributed by atoms with Gasteiger partial charge in [0.2, 0.25) is 5.91 Å². The number of likely N-dealkylation sites (tertiary alicyclic amines) is 2. The topological polar surface area (TPSA) is 38.8 Å². The number of nitrogens with zero attached hydrogens (tertiary/aromatic N) is 3. The van der Waals surface area contributed by atoms with Crippen LogP contribution in [0.5, 0.6) is 0 Å². The van der Waals surface area contributed by atoms with Gasteiger partial charge in [-0.05, 0) is 43.5 Å². The minimum absolute atomic E-state index is 0. The number of piperidine rings is 1. The predicted molar refractivity (Wildman–Crippen MR) is 111 cm³/mol. The summed E-state index contributed by atoms with van der Waals surface area (Å²) >= 11 is 0. The molecule has 4 rings (SSSR count). The van der Waals surface area contributed by atoms with Crippen LogP contribution in [0.2, 0.25) is 0 Å². The van der Waals surface area contributed by atoms with Gasteiger partial charge in [-0.25, -0.2) is 4.39 Å². The molecule has 156 valence electrons. The summed E-state index contributed by atoms with van der Waals surface area (Å²) in [4.78, 5) is 20.2. The van der Waals surface area contributed by atoms with Gasteiger partial charge < -0.3 is 10.2 Å². The van der Waals surface area contributed by atoms with E-state index in [9.17, 15) is 9.18 Å². The maximum atomic E-state index is 13.3. The maximum absolute atomic E-state index is 13.3. The van der Waals surface area contributed by atoms with Crippen molar-refractivity contribution in [2.24, 2.45) is 0 Å². The minimum atomic E-state index is -0.207. The molecule has 1 aromatic carbocycles. The number of halogens is 2. The van der Waals surface area contributed by atoms with Gasteiger partial charge in [0.05, 0.1) is 6.04 Å². The van der Waals surface area contributed by atoms with E-state index in [0.717, 1.165) is 83.6 Å². The third-order valence-electron chi connectivity index (χ3n) is 6.34. The number of carbonyl (C=O) groups is 1. The smallest absolute Gasteiger partial charge is 0.239 e. The Labute approximate surface area is 173 Å². The summed E-state index contributed by atoms with van der Waals surface area (Å²) in [6.45, 7) is 7.72. The van der Waals surface area contributed by atoms with Crippen molar-refractivity contribution < 1.29 is 9.18 Å². The summed E-state index contributed by atoms with van der Waals surface area (Å²) in [6.07, 6.45) is 4.28. The highest BCUT2D eigenvalue weighted by Gasteiger charge is 2.36. The van der Waals surface area contributed by atoms with Gasteiger partial charge >= 0.3 is 0 Å². The van der Waals surface area contributed by atoms with E-state index in [2.05, 4.69) is 20.0 Å². The molecule has 2 atom stereocenters. The van der Waals surface area contributed by atoms with Crippen molar-refractivity contribution in [3.8, 4) is 0 Å². The van der Waals surface area contributed by atoms with Crippen LogP contribution >= 0.6 is 12.4 Å². The van der Waals surface area contributed by atoms with E-state index < -0.39 is 0 Å². The molecule has 7 heteroatoms. The first-order chi connectivity index (χ1) is 13.2. The number of rotatable bonds is 4. The second kappa shape index (κ2) is 10.0. The average molecular weight is 411 g/mol. The van der Waals surface area contributed by atoms with Crippen molar-refractivity contribution in [3.05, 3.63) is 35.6 Å². The minimum Gasteiger partial charge on any atom is -0.340 e. The van der Waals surface area contributed by atoms with E-state index in [1.165, 1.54) is 12.1 Å². The number of hydrogen-bond donors (Lipinski definition) is 1. The summed E-state index contributed by atoms with van der Waals surface area (Å²) in [5, 5.41) is 3.40. The number of hydrogen-bond acceptors (Lipinski definition) is 4. The van der Waals surface area contributed by atoms with Crippen molar-refractivity contribution in [2.45, 2.75) is 44.3 Å². The summed E-state index contributed by atoms with van der Waals surface area (Å²) in [7, 11) is 0. The molecule has 0 saturated carbocycles. The standard InChI is InChI=1S/C21H31FN4O.ClH/c22-18-6-4-17(5-7-18)15-25-11-2-1-3-20(25)21(27)26-12-8-19(16-26)24-13-9-23-10-14-24;/h4-7,19-20,23H,1-3,8-16H2;1H. The van der Waals surface area contributed by atoms with Gasteiger partial charge in [0.15, 0.2) is 0 Å². The van der Waals surface area contributed by atoms with Crippen molar-refractivity contribution in [1.82, 2.24) is 20.0 Å². The van der Waals surface area contributed by atoms with Crippen LogP contribution in [0.15, 0.2) is 24.3 Å². The van der Waals surface area contributed by atoms with Crippen LogP contribution in [0.25, 0.3) is 0 Å². The Kier molecular flexibility index (Phi) is 7.69. The van der Waals surface area contributed by atoms with Gasteiger partial charge in [0.1, 0.15) is 5.82 Å². The molecule has 1 aromatic rings. The Morgan fingerprint density at radius 1 is 1.04 bits per heavy atom. The van der Waals surface area contributed by atoms with Gasteiger partial charge in [-0.2, -0.15) is 0 Å². The van der Waals surface area contributed by atoms with Crippen molar-refractivity contribution in [2.75, 3.05) is 45.8 Å². The Bertz CT molecular complexity index is 638. The molecule has 28 heavy (non-hydrogen) atoms. The lowest BCUT2D eigenvalue weighted by atomic mass is 10.00. The number of piperazine rings is 1. The molecule has 5 nitrogen and oxygen atoms in total. The molecule has 3 aliphatic heterocycles. The molecule has 3 fully saturated rings. The number of benzene rings is 1.